The molecule has 1 aliphatic carbocycles. The summed E-state index contributed by atoms with van der Waals surface area (Å²) in [5.74, 6) is 0.953. The van der Waals surface area contributed by atoms with Crippen LogP contribution in [0.4, 0.5) is 11.4 Å². The van der Waals surface area contributed by atoms with E-state index in [4.69, 9.17) is 0 Å². The summed E-state index contributed by atoms with van der Waals surface area (Å²) >= 11 is 0. The van der Waals surface area contributed by atoms with Crippen LogP contribution in [-0.4, -0.2) is 17.6 Å². The van der Waals surface area contributed by atoms with E-state index >= 15 is 0 Å². The average Bonchev–Trinajstić information content (AvgIpc) is 2.46. The van der Waals surface area contributed by atoms with E-state index in [1.165, 1.54) is 32.1 Å². The zero-order chi connectivity index (χ0) is 13.5. The number of nitrogens with one attached hydrogen (secondary N) is 2. The fourth-order valence-electron chi connectivity index (χ4n) is 2.84. The Hall–Kier alpha value is -1.25. The zero-order valence-corrected chi connectivity index (χ0v) is 12.3. The van der Waals surface area contributed by atoms with Crippen molar-refractivity contribution >= 4 is 11.4 Å². The Morgan fingerprint density at radius 2 is 1.84 bits per heavy atom. The highest BCUT2D eigenvalue weighted by Crippen LogP contribution is 2.28. The van der Waals surface area contributed by atoms with E-state index in [1.54, 1.807) is 0 Å². The Balaban J connectivity index is 1.85. The van der Waals surface area contributed by atoms with Crippen LogP contribution in [0.1, 0.15) is 52.4 Å². The van der Waals surface area contributed by atoms with Gasteiger partial charge in [-0.3, -0.25) is 4.98 Å². The van der Waals surface area contributed by atoms with Crippen LogP contribution in [0.2, 0.25) is 0 Å². The molecule has 1 fully saturated rings. The Morgan fingerprint density at radius 1 is 1.11 bits per heavy atom. The lowest BCUT2D eigenvalue weighted by molar-refractivity contribution is 0.330. The molecule has 0 atom stereocenters. The molecule has 106 valence electrons. The van der Waals surface area contributed by atoms with Crippen molar-refractivity contribution < 1.29 is 0 Å². The largest absolute Gasteiger partial charge is 0.384 e. The van der Waals surface area contributed by atoms with Crippen molar-refractivity contribution in [2.45, 2.75) is 58.4 Å². The number of hydrogen-bond donors (Lipinski definition) is 2. The number of hydrogen-bond acceptors (Lipinski definition) is 3. The van der Waals surface area contributed by atoms with Gasteiger partial charge in [0.15, 0.2) is 0 Å². The summed E-state index contributed by atoms with van der Waals surface area (Å²) in [7, 11) is 0. The standard InChI is InChI=1S/C16H27N3/c1-3-9-18-15-10-16(12-17-11-15)19-14-7-5-13(4-2)6-8-14/h10-14,18-19H,3-9H2,1-2H3. The molecule has 3 nitrogen and oxygen atoms in total. The van der Waals surface area contributed by atoms with Gasteiger partial charge in [-0.1, -0.05) is 20.3 Å². The van der Waals surface area contributed by atoms with Crippen LogP contribution < -0.4 is 10.6 Å². The lowest BCUT2D eigenvalue weighted by atomic mass is 9.84. The molecule has 0 amide bonds. The summed E-state index contributed by atoms with van der Waals surface area (Å²) in [4.78, 5) is 4.31. The van der Waals surface area contributed by atoms with E-state index in [9.17, 15) is 0 Å². The normalized spacial score (nSPS) is 23.1. The lowest BCUT2D eigenvalue weighted by Crippen LogP contribution is -2.25. The molecular weight excluding hydrogens is 234 g/mol. The Kier molecular flexibility index (Phi) is 5.49. The molecule has 0 aliphatic heterocycles. The topological polar surface area (TPSA) is 37.0 Å². The molecule has 19 heavy (non-hydrogen) atoms. The summed E-state index contributed by atoms with van der Waals surface area (Å²) in [6.45, 7) is 5.49. The average molecular weight is 261 g/mol. The van der Waals surface area contributed by atoms with Gasteiger partial charge < -0.3 is 10.6 Å². The van der Waals surface area contributed by atoms with Gasteiger partial charge in [0.1, 0.15) is 0 Å². The van der Waals surface area contributed by atoms with Crippen molar-refractivity contribution in [1.82, 2.24) is 4.98 Å². The molecular formula is C16H27N3. The van der Waals surface area contributed by atoms with Crippen molar-refractivity contribution in [3.8, 4) is 0 Å². The van der Waals surface area contributed by atoms with Crippen LogP contribution in [0, 0.1) is 5.92 Å². The fraction of sp³-hybridized carbons (Fsp3) is 0.688. The molecule has 0 saturated heterocycles. The van der Waals surface area contributed by atoms with E-state index < -0.39 is 0 Å². The Labute approximate surface area is 117 Å². The van der Waals surface area contributed by atoms with Crippen LogP contribution >= 0.6 is 0 Å². The highest BCUT2D eigenvalue weighted by atomic mass is 14.9. The highest BCUT2D eigenvalue weighted by Gasteiger charge is 2.19. The van der Waals surface area contributed by atoms with Gasteiger partial charge in [0, 0.05) is 12.6 Å². The van der Waals surface area contributed by atoms with E-state index in [-0.39, 0.29) is 0 Å². The molecule has 1 aromatic rings. The van der Waals surface area contributed by atoms with E-state index in [0.717, 1.165) is 30.3 Å². The third-order valence-corrected chi connectivity index (χ3v) is 4.11. The lowest BCUT2D eigenvalue weighted by Gasteiger charge is -2.29. The molecule has 2 N–H and O–H groups in total. The van der Waals surface area contributed by atoms with Gasteiger partial charge in [-0.15, -0.1) is 0 Å². The van der Waals surface area contributed by atoms with Crippen molar-refractivity contribution in [2.75, 3.05) is 17.2 Å². The molecule has 3 heteroatoms. The molecule has 0 bridgehead atoms. The van der Waals surface area contributed by atoms with Gasteiger partial charge in [-0.25, -0.2) is 0 Å². The maximum Gasteiger partial charge on any atom is 0.0549 e. The van der Waals surface area contributed by atoms with Crippen molar-refractivity contribution in [2.24, 2.45) is 5.92 Å². The summed E-state index contributed by atoms with van der Waals surface area (Å²) in [6, 6.07) is 2.81. The predicted molar refractivity (Wildman–Crippen MR) is 82.7 cm³/mol. The first-order chi connectivity index (χ1) is 9.31. The van der Waals surface area contributed by atoms with Crippen LogP contribution in [0.15, 0.2) is 18.5 Å². The summed E-state index contributed by atoms with van der Waals surface area (Å²) in [6.07, 6.45) is 11.6. The molecule has 1 aromatic heterocycles. The van der Waals surface area contributed by atoms with Gasteiger partial charge in [0.25, 0.3) is 0 Å². The SMILES string of the molecule is CCCNc1cncc(NC2CCC(CC)CC2)c1. The summed E-state index contributed by atoms with van der Waals surface area (Å²) in [5, 5.41) is 7.03. The second-order valence-electron chi connectivity index (χ2n) is 5.66. The van der Waals surface area contributed by atoms with Crippen molar-refractivity contribution in [3.63, 3.8) is 0 Å². The zero-order valence-electron chi connectivity index (χ0n) is 12.3. The highest BCUT2D eigenvalue weighted by molar-refractivity contribution is 5.54. The number of rotatable bonds is 6. The molecule has 1 heterocycles. The number of nitrogens with zero attached hydrogens (tertiary/aromatic N) is 1. The maximum atomic E-state index is 4.31. The fourth-order valence-corrected chi connectivity index (χ4v) is 2.84. The molecule has 2 rings (SSSR count). The van der Waals surface area contributed by atoms with Crippen molar-refractivity contribution in [3.05, 3.63) is 18.5 Å². The predicted octanol–water partition coefficient (Wildman–Crippen LogP) is 4.28. The summed E-state index contributed by atoms with van der Waals surface area (Å²) in [5.41, 5.74) is 2.27. The smallest absolute Gasteiger partial charge is 0.0549 e. The third-order valence-electron chi connectivity index (χ3n) is 4.11. The summed E-state index contributed by atoms with van der Waals surface area (Å²) < 4.78 is 0. The molecule has 0 radical (unpaired) electrons. The molecule has 0 spiro atoms. The van der Waals surface area contributed by atoms with Crippen LogP contribution in [-0.2, 0) is 0 Å². The number of aromatic nitrogens is 1. The van der Waals surface area contributed by atoms with E-state index in [0.29, 0.717) is 6.04 Å². The minimum atomic E-state index is 0.631. The first kappa shape index (κ1) is 14.2. The molecule has 0 unspecified atom stereocenters. The minimum absolute atomic E-state index is 0.631. The van der Waals surface area contributed by atoms with Crippen LogP contribution in [0.3, 0.4) is 0 Å². The second kappa shape index (κ2) is 7.37. The number of anilines is 2. The van der Waals surface area contributed by atoms with Gasteiger partial charge in [0.2, 0.25) is 0 Å². The van der Waals surface area contributed by atoms with Gasteiger partial charge >= 0.3 is 0 Å². The third kappa shape index (κ3) is 4.41. The Bertz CT molecular complexity index is 370. The van der Waals surface area contributed by atoms with Crippen LogP contribution in [0.5, 0.6) is 0 Å². The molecule has 1 saturated carbocycles. The quantitative estimate of drug-likeness (QED) is 0.802. The first-order valence-corrected chi connectivity index (χ1v) is 7.77. The molecule has 1 aliphatic rings. The monoisotopic (exact) mass is 261 g/mol. The number of pyridine rings is 1. The molecule has 0 aromatic carbocycles. The van der Waals surface area contributed by atoms with Gasteiger partial charge in [-0.05, 0) is 44.1 Å². The Morgan fingerprint density at radius 3 is 2.53 bits per heavy atom. The first-order valence-electron chi connectivity index (χ1n) is 7.77. The maximum absolute atomic E-state index is 4.31. The minimum Gasteiger partial charge on any atom is -0.384 e. The van der Waals surface area contributed by atoms with Gasteiger partial charge in [0.05, 0.1) is 23.8 Å². The van der Waals surface area contributed by atoms with E-state index in [1.807, 2.05) is 12.4 Å². The van der Waals surface area contributed by atoms with Gasteiger partial charge in [-0.2, -0.15) is 0 Å². The van der Waals surface area contributed by atoms with Crippen LogP contribution in [0.25, 0.3) is 0 Å². The van der Waals surface area contributed by atoms with E-state index in [2.05, 4.69) is 35.5 Å². The second-order valence-corrected chi connectivity index (χ2v) is 5.66. The van der Waals surface area contributed by atoms with Crippen molar-refractivity contribution in [1.29, 1.82) is 0 Å².